The van der Waals surface area contributed by atoms with E-state index in [1.807, 2.05) is 0 Å². The number of aromatic nitrogens is 1. The molecule has 0 spiro atoms. The van der Waals surface area contributed by atoms with E-state index in [1.54, 1.807) is 13.1 Å². The van der Waals surface area contributed by atoms with Gasteiger partial charge in [-0.3, -0.25) is 9.78 Å². The minimum atomic E-state index is -4.17. The lowest BCUT2D eigenvalue weighted by Crippen LogP contribution is -2.24. The summed E-state index contributed by atoms with van der Waals surface area (Å²) in [6, 6.07) is 3.09. The maximum atomic E-state index is 12.0. The number of nitrogens with zero attached hydrogens (tertiary/aromatic N) is 2. The third-order valence-corrected chi connectivity index (χ3v) is 2.28. The van der Waals surface area contributed by atoms with Gasteiger partial charge in [-0.25, -0.2) is 0 Å². The molecule has 0 radical (unpaired) electrons. The van der Waals surface area contributed by atoms with Gasteiger partial charge in [-0.2, -0.15) is 13.2 Å². The van der Waals surface area contributed by atoms with Crippen molar-refractivity contribution >= 4 is 11.5 Å². The number of carbonyl (C=O) groups excluding carboxylic acids is 1. The summed E-state index contributed by atoms with van der Waals surface area (Å²) in [5.74, 6) is -0.172. The number of ketones is 1. The van der Waals surface area contributed by atoms with Gasteiger partial charge in [0.25, 0.3) is 0 Å². The first-order chi connectivity index (χ1) is 7.79. The van der Waals surface area contributed by atoms with Gasteiger partial charge in [-0.05, 0) is 12.1 Å². The maximum Gasteiger partial charge on any atom is 0.390 e. The molecule has 3 nitrogen and oxygen atoms in total. The molecular weight excluding hydrogens is 233 g/mol. The van der Waals surface area contributed by atoms with Crippen LogP contribution in [-0.4, -0.2) is 30.5 Å². The van der Waals surface area contributed by atoms with Crippen LogP contribution < -0.4 is 4.90 Å². The summed E-state index contributed by atoms with van der Waals surface area (Å²) in [7, 11) is 1.55. The molecule has 0 aromatic carbocycles. The molecule has 0 bridgehead atoms. The quantitative estimate of drug-likeness (QED) is 0.766. The minimum absolute atomic E-state index is 0.134. The Kier molecular flexibility index (Phi) is 4.09. The molecule has 0 amide bonds. The first kappa shape index (κ1) is 13.5. The van der Waals surface area contributed by atoms with Crippen molar-refractivity contribution < 1.29 is 18.0 Å². The maximum absolute atomic E-state index is 12.0. The first-order valence-electron chi connectivity index (χ1n) is 5.04. The number of hydrogen-bond acceptors (Lipinski definition) is 3. The molecule has 0 fully saturated rings. The average molecular weight is 246 g/mol. The third kappa shape index (κ3) is 4.42. The van der Waals surface area contributed by atoms with E-state index in [0.29, 0.717) is 11.4 Å². The summed E-state index contributed by atoms with van der Waals surface area (Å²) in [5.41, 5.74) is 0.859. The highest BCUT2D eigenvalue weighted by Crippen LogP contribution is 2.21. The van der Waals surface area contributed by atoms with Gasteiger partial charge < -0.3 is 4.90 Å². The van der Waals surface area contributed by atoms with Crippen LogP contribution in [0.15, 0.2) is 18.3 Å². The lowest BCUT2D eigenvalue weighted by molar-refractivity contribution is -0.132. The fourth-order valence-corrected chi connectivity index (χ4v) is 1.24. The van der Waals surface area contributed by atoms with Crippen molar-refractivity contribution in [2.75, 3.05) is 18.5 Å². The molecular formula is C11H13F3N2O. The van der Waals surface area contributed by atoms with Gasteiger partial charge in [0.1, 0.15) is 5.69 Å². The van der Waals surface area contributed by atoms with Gasteiger partial charge >= 0.3 is 6.18 Å². The molecule has 1 rings (SSSR count). The van der Waals surface area contributed by atoms with Crippen molar-refractivity contribution in [3.63, 3.8) is 0 Å². The Morgan fingerprint density at radius 3 is 2.47 bits per heavy atom. The normalized spacial score (nSPS) is 11.4. The SMILES string of the molecule is CC(=O)c1ccc(N(C)CCC(F)(F)F)cn1. The van der Waals surface area contributed by atoms with Crippen molar-refractivity contribution in [1.29, 1.82) is 0 Å². The molecule has 1 heterocycles. The highest BCUT2D eigenvalue weighted by atomic mass is 19.4. The standard InChI is InChI=1S/C11H13F3N2O/c1-8(17)10-4-3-9(7-15-10)16(2)6-5-11(12,13)14/h3-4,7H,5-6H2,1-2H3. The van der Waals surface area contributed by atoms with Crippen LogP contribution in [0, 0.1) is 0 Å². The second-order valence-corrected chi connectivity index (χ2v) is 3.74. The molecule has 0 aliphatic carbocycles. The van der Waals surface area contributed by atoms with E-state index in [9.17, 15) is 18.0 Å². The smallest absolute Gasteiger partial charge is 0.373 e. The summed E-state index contributed by atoms with van der Waals surface area (Å²) < 4.78 is 36.0. The van der Waals surface area contributed by atoms with E-state index in [4.69, 9.17) is 0 Å². The van der Waals surface area contributed by atoms with Gasteiger partial charge in [-0.1, -0.05) is 0 Å². The molecule has 0 saturated heterocycles. The topological polar surface area (TPSA) is 33.2 Å². The molecule has 0 N–H and O–H groups in total. The van der Waals surface area contributed by atoms with Gasteiger partial charge in [-0.15, -0.1) is 0 Å². The van der Waals surface area contributed by atoms with Gasteiger partial charge in [0.2, 0.25) is 0 Å². The van der Waals surface area contributed by atoms with E-state index in [2.05, 4.69) is 4.98 Å². The van der Waals surface area contributed by atoms with Crippen molar-refractivity contribution in [3.8, 4) is 0 Å². The van der Waals surface area contributed by atoms with Crippen LogP contribution in [0.5, 0.6) is 0 Å². The number of anilines is 1. The minimum Gasteiger partial charge on any atom is -0.373 e. The van der Waals surface area contributed by atoms with Crippen molar-refractivity contribution in [2.45, 2.75) is 19.5 Å². The fourth-order valence-electron chi connectivity index (χ4n) is 1.24. The van der Waals surface area contributed by atoms with Crippen LogP contribution in [0.2, 0.25) is 0 Å². The second-order valence-electron chi connectivity index (χ2n) is 3.74. The Bertz CT molecular complexity index is 387. The zero-order chi connectivity index (χ0) is 13.1. The zero-order valence-electron chi connectivity index (χ0n) is 9.58. The monoisotopic (exact) mass is 246 g/mol. The third-order valence-electron chi connectivity index (χ3n) is 2.28. The first-order valence-corrected chi connectivity index (χ1v) is 5.04. The Morgan fingerprint density at radius 1 is 1.41 bits per heavy atom. The molecule has 6 heteroatoms. The highest BCUT2D eigenvalue weighted by molar-refractivity contribution is 5.92. The van der Waals surface area contributed by atoms with Crippen LogP contribution in [0.3, 0.4) is 0 Å². The van der Waals surface area contributed by atoms with E-state index in [1.165, 1.54) is 24.1 Å². The molecule has 0 aliphatic rings. The summed E-state index contributed by atoms with van der Waals surface area (Å²) in [6.07, 6.45) is -3.65. The van der Waals surface area contributed by atoms with E-state index in [0.717, 1.165) is 0 Å². The predicted molar refractivity (Wildman–Crippen MR) is 58.2 cm³/mol. The summed E-state index contributed by atoms with van der Waals surface area (Å²) in [6.45, 7) is 1.25. The highest BCUT2D eigenvalue weighted by Gasteiger charge is 2.27. The Balaban J connectivity index is 2.63. The summed E-state index contributed by atoms with van der Waals surface area (Å²) >= 11 is 0. The van der Waals surface area contributed by atoms with Crippen LogP contribution in [0.1, 0.15) is 23.8 Å². The van der Waals surface area contributed by atoms with Crippen molar-refractivity contribution in [1.82, 2.24) is 4.98 Å². The van der Waals surface area contributed by atoms with E-state index in [-0.39, 0.29) is 12.3 Å². The molecule has 0 aliphatic heterocycles. The number of hydrogen-bond donors (Lipinski definition) is 0. The van der Waals surface area contributed by atoms with Crippen molar-refractivity contribution in [2.24, 2.45) is 0 Å². The molecule has 1 aromatic rings. The Hall–Kier alpha value is -1.59. The molecule has 0 atom stereocenters. The van der Waals surface area contributed by atoms with Crippen LogP contribution in [-0.2, 0) is 0 Å². The van der Waals surface area contributed by atoms with E-state index >= 15 is 0 Å². The van der Waals surface area contributed by atoms with Crippen LogP contribution in [0.4, 0.5) is 18.9 Å². The molecule has 0 unspecified atom stereocenters. The van der Waals surface area contributed by atoms with Gasteiger partial charge in [0, 0.05) is 20.5 Å². The van der Waals surface area contributed by atoms with Crippen LogP contribution >= 0.6 is 0 Å². The fraction of sp³-hybridized carbons (Fsp3) is 0.455. The number of carbonyl (C=O) groups is 1. The lowest BCUT2D eigenvalue weighted by atomic mass is 10.2. The zero-order valence-corrected chi connectivity index (χ0v) is 9.58. The number of rotatable bonds is 4. The lowest BCUT2D eigenvalue weighted by Gasteiger charge is -2.19. The molecule has 0 saturated carbocycles. The number of Topliss-reactive ketones (excluding diaryl/α,β-unsaturated/α-hetero) is 1. The Morgan fingerprint density at radius 2 is 2.06 bits per heavy atom. The number of halogens is 3. The largest absolute Gasteiger partial charge is 0.390 e. The summed E-state index contributed by atoms with van der Waals surface area (Å²) in [5, 5.41) is 0. The van der Waals surface area contributed by atoms with Crippen molar-refractivity contribution in [3.05, 3.63) is 24.0 Å². The number of pyridine rings is 1. The molecule has 94 valence electrons. The van der Waals surface area contributed by atoms with E-state index < -0.39 is 12.6 Å². The van der Waals surface area contributed by atoms with Gasteiger partial charge in [0.15, 0.2) is 5.78 Å². The second kappa shape index (κ2) is 5.16. The average Bonchev–Trinajstić information content (AvgIpc) is 2.25. The molecule has 1 aromatic heterocycles. The molecule has 17 heavy (non-hydrogen) atoms. The number of alkyl halides is 3. The Labute approximate surface area is 97.3 Å². The predicted octanol–water partition coefficient (Wildman–Crippen LogP) is 2.67. The van der Waals surface area contributed by atoms with Crippen LogP contribution in [0.25, 0.3) is 0 Å². The summed E-state index contributed by atoms with van der Waals surface area (Å²) in [4.78, 5) is 16.3. The van der Waals surface area contributed by atoms with Gasteiger partial charge in [0.05, 0.1) is 18.3 Å².